The summed E-state index contributed by atoms with van der Waals surface area (Å²) in [4.78, 5) is 10.4. The molecule has 1 aromatic rings. The van der Waals surface area contributed by atoms with Gasteiger partial charge in [-0.2, -0.15) is 0 Å². The van der Waals surface area contributed by atoms with Crippen molar-refractivity contribution < 1.29 is 9.13 Å². The van der Waals surface area contributed by atoms with Gasteiger partial charge in [-0.3, -0.25) is 14.3 Å². The number of hydrogen-bond acceptors (Lipinski definition) is 4. The number of nitro groups is 1. The molecule has 0 heterocycles. The number of nitro benzene ring substituents is 1. The number of nitrogens with zero attached hydrogens (tertiary/aromatic N) is 1. The normalized spacial score (nSPS) is 14.1. The molecule has 0 bridgehead atoms. The third-order valence-corrected chi connectivity index (χ3v) is 4.87. The Kier molecular flexibility index (Phi) is 6.60. The molecule has 1 N–H and O–H groups in total. The molecule has 0 aliphatic heterocycles. The van der Waals surface area contributed by atoms with Crippen LogP contribution in [0.15, 0.2) is 22.7 Å². The van der Waals surface area contributed by atoms with Crippen LogP contribution in [0.5, 0.6) is 0 Å². The minimum absolute atomic E-state index is 0.0716. The molecule has 19 heavy (non-hydrogen) atoms. The molecule has 7 heteroatoms. The van der Waals surface area contributed by atoms with Gasteiger partial charge in [-0.05, 0) is 40.5 Å². The monoisotopic (exact) mass is 348 g/mol. The third kappa shape index (κ3) is 5.38. The minimum Gasteiger partial charge on any atom is -0.313 e. The summed E-state index contributed by atoms with van der Waals surface area (Å²) in [5, 5.41) is 14.1. The highest BCUT2D eigenvalue weighted by Gasteiger charge is 2.12. The lowest BCUT2D eigenvalue weighted by Gasteiger charge is -2.09. The van der Waals surface area contributed by atoms with Gasteiger partial charge in [0.05, 0.1) is 9.40 Å². The largest absolute Gasteiger partial charge is 0.313 e. The lowest BCUT2D eigenvalue weighted by Crippen LogP contribution is -2.21. The van der Waals surface area contributed by atoms with E-state index in [1.807, 2.05) is 13.0 Å². The highest BCUT2D eigenvalue weighted by Crippen LogP contribution is 2.25. The molecule has 5 nitrogen and oxygen atoms in total. The molecule has 0 aromatic heterocycles. The topological polar surface area (TPSA) is 72.2 Å². The van der Waals surface area contributed by atoms with Crippen molar-refractivity contribution in [1.29, 1.82) is 0 Å². The van der Waals surface area contributed by atoms with Gasteiger partial charge in [0, 0.05) is 34.9 Å². The van der Waals surface area contributed by atoms with Crippen LogP contribution in [0, 0.1) is 10.1 Å². The van der Waals surface area contributed by atoms with Gasteiger partial charge in [0.1, 0.15) is 0 Å². The number of halogens is 1. The quantitative estimate of drug-likeness (QED) is 0.467. The molecular weight excluding hydrogens is 332 g/mol. The molecule has 0 radical (unpaired) electrons. The predicted molar refractivity (Wildman–Crippen MR) is 80.6 cm³/mol. The third-order valence-electron chi connectivity index (χ3n) is 2.83. The lowest BCUT2D eigenvalue weighted by molar-refractivity contribution is -0.385. The molecule has 0 aliphatic rings. The zero-order valence-electron chi connectivity index (χ0n) is 10.9. The molecule has 2 atom stereocenters. The maximum absolute atomic E-state index is 11.2. The second-order valence-electron chi connectivity index (χ2n) is 4.32. The van der Waals surface area contributed by atoms with Gasteiger partial charge in [-0.1, -0.05) is 13.0 Å². The van der Waals surface area contributed by atoms with Gasteiger partial charge in [0.25, 0.3) is 5.69 Å². The van der Waals surface area contributed by atoms with Crippen molar-refractivity contribution in [2.24, 2.45) is 0 Å². The average molecular weight is 349 g/mol. The number of benzene rings is 1. The summed E-state index contributed by atoms with van der Waals surface area (Å²) in [5.74, 6) is 0. The zero-order valence-corrected chi connectivity index (χ0v) is 13.3. The first-order valence-electron chi connectivity index (χ1n) is 5.87. The molecular formula is C12H17BrN2O3S. The van der Waals surface area contributed by atoms with Gasteiger partial charge in [-0.25, -0.2) is 0 Å². The van der Waals surface area contributed by atoms with Gasteiger partial charge in [0.15, 0.2) is 0 Å². The van der Waals surface area contributed by atoms with E-state index in [-0.39, 0.29) is 10.9 Å². The maximum Gasteiger partial charge on any atom is 0.283 e. The Morgan fingerprint density at radius 3 is 2.79 bits per heavy atom. The van der Waals surface area contributed by atoms with E-state index in [0.717, 1.165) is 18.5 Å². The van der Waals surface area contributed by atoms with E-state index in [1.165, 1.54) is 0 Å². The van der Waals surface area contributed by atoms with Crippen LogP contribution in [0.4, 0.5) is 5.69 Å². The van der Waals surface area contributed by atoms with Gasteiger partial charge >= 0.3 is 0 Å². The van der Waals surface area contributed by atoms with Crippen molar-refractivity contribution in [3.63, 3.8) is 0 Å². The van der Waals surface area contributed by atoms with Crippen LogP contribution in [0.2, 0.25) is 0 Å². The van der Waals surface area contributed by atoms with E-state index in [9.17, 15) is 14.3 Å². The average Bonchev–Trinajstić information content (AvgIpc) is 2.35. The molecule has 0 saturated carbocycles. The van der Waals surface area contributed by atoms with Crippen molar-refractivity contribution >= 4 is 32.4 Å². The summed E-state index contributed by atoms with van der Waals surface area (Å²) in [6, 6.07) is 5.07. The van der Waals surface area contributed by atoms with Crippen LogP contribution in [-0.4, -0.2) is 27.2 Å². The number of hydrogen-bond donors (Lipinski definition) is 1. The van der Waals surface area contributed by atoms with Crippen LogP contribution in [0.25, 0.3) is 0 Å². The van der Waals surface area contributed by atoms with Crippen LogP contribution < -0.4 is 5.32 Å². The Balaban J connectivity index is 2.48. The molecule has 0 saturated heterocycles. The van der Waals surface area contributed by atoms with E-state index in [4.69, 9.17) is 0 Å². The van der Waals surface area contributed by atoms with E-state index in [1.54, 1.807) is 18.4 Å². The first-order valence-corrected chi connectivity index (χ1v) is 8.29. The fourth-order valence-electron chi connectivity index (χ4n) is 1.51. The second-order valence-corrected chi connectivity index (χ2v) is 6.97. The summed E-state index contributed by atoms with van der Waals surface area (Å²) >= 11 is 3.15. The van der Waals surface area contributed by atoms with Crippen molar-refractivity contribution in [3.8, 4) is 0 Å². The highest BCUT2D eigenvalue weighted by atomic mass is 79.9. The smallest absolute Gasteiger partial charge is 0.283 e. The van der Waals surface area contributed by atoms with Gasteiger partial charge < -0.3 is 5.32 Å². The van der Waals surface area contributed by atoms with Crippen molar-refractivity contribution in [2.45, 2.75) is 25.1 Å². The van der Waals surface area contributed by atoms with E-state index < -0.39 is 15.7 Å². The summed E-state index contributed by atoms with van der Waals surface area (Å²) in [6.07, 6.45) is 2.52. The van der Waals surface area contributed by atoms with Gasteiger partial charge in [-0.15, -0.1) is 0 Å². The maximum atomic E-state index is 11.2. The van der Waals surface area contributed by atoms with Crippen molar-refractivity contribution in [1.82, 2.24) is 5.32 Å². The number of nitrogens with one attached hydrogen (secondary N) is 1. The van der Waals surface area contributed by atoms with Crippen LogP contribution >= 0.6 is 15.9 Å². The van der Waals surface area contributed by atoms with E-state index in [2.05, 4.69) is 21.2 Å². The fourth-order valence-corrected chi connectivity index (χ4v) is 2.35. The summed E-state index contributed by atoms with van der Waals surface area (Å²) in [6.45, 7) is 3.25. The summed E-state index contributed by atoms with van der Waals surface area (Å²) in [5.41, 5.74) is 0.933. The Morgan fingerprint density at radius 1 is 1.53 bits per heavy atom. The minimum atomic E-state index is -0.807. The first kappa shape index (κ1) is 16.3. The Labute approximate surface area is 123 Å². The Morgan fingerprint density at radius 2 is 2.21 bits per heavy atom. The standard InChI is InChI=1S/C12H17BrN2O3S/c1-9(19(2)18)5-6-14-8-10-3-4-11(13)12(7-10)15(16)17/h3-4,7,9,14H,5-6,8H2,1-2H3. The summed E-state index contributed by atoms with van der Waals surface area (Å²) in [7, 11) is -0.807. The zero-order chi connectivity index (χ0) is 14.4. The fraction of sp³-hybridized carbons (Fsp3) is 0.500. The Bertz CT molecular complexity index is 482. The molecule has 106 valence electrons. The van der Waals surface area contributed by atoms with Gasteiger partial charge in [0.2, 0.25) is 0 Å². The van der Waals surface area contributed by atoms with Crippen LogP contribution in [0.1, 0.15) is 18.9 Å². The predicted octanol–water partition coefficient (Wildman–Crippen LogP) is 2.60. The second kappa shape index (κ2) is 7.72. The Hall–Kier alpha value is -0.790. The lowest BCUT2D eigenvalue weighted by atomic mass is 10.2. The first-order chi connectivity index (χ1) is 8.91. The van der Waals surface area contributed by atoms with Crippen LogP contribution in [-0.2, 0) is 17.3 Å². The SMILES string of the molecule is CC(CCNCc1ccc(Br)c([N+](=O)[O-])c1)S(C)=O. The van der Waals surface area contributed by atoms with Crippen molar-refractivity contribution in [3.05, 3.63) is 38.3 Å². The molecule has 0 amide bonds. The van der Waals surface area contributed by atoms with E-state index >= 15 is 0 Å². The summed E-state index contributed by atoms with van der Waals surface area (Å²) < 4.78 is 11.7. The van der Waals surface area contributed by atoms with Crippen molar-refractivity contribution in [2.75, 3.05) is 12.8 Å². The van der Waals surface area contributed by atoms with Crippen LogP contribution in [0.3, 0.4) is 0 Å². The number of rotatable bonds is 7. The molecule has 0 spiro atoms. The molecule has 2 unspecified atom stereocenters. The molecule has 1 aromatic carbocycles. The molecule has 0 aliphatic carbocycles. The molecule has 0 fully saturated rings. The highest BCUT2D eigenvalue weighted by molar-refractivity contribution is 9.10. The van der Waals surface area contributed by atoms with E-state index in [0.29, 0.717) is 11.0 Å². The molecule has 1 rings (SSSR count).